The van der Waals surface area contributed by atoms with Gasteiger partial charge in [0.1, 0.15) is 18.3 Å². The Balaban J connectivity index is 2.85. The fraction of sp³-hybridized carbons (Fsp3) is 1.00. The zero-order valence-corrected chi connectivity index (χ0v) is 10.4. The number of hydrogen-bond donors (Lipinski definition) is 6. The van der Waals surface area contributed by atoms with Gasteiger partial charge in [0, 0.05) is 0 Å². The van der Waals surface area contributed by atoms with E-state index in [1.54, 1.807) is 0 Å². The molecular formula is C5H12O11P2. The van der Waals surface area contributed by atoms with Crippen LogP contribution in [0.15, 0.2) is 0 Å². The van der Waals surface area contributed by atoms with E-state index in [1.165, 1.54) is 0 Å². The van der Waals surface area contributed by atoms with Gasteiger partial charge in [-0.15, -0.1) is 0 Å². The van der Waals surface area contributed by atoms with Crippen molar-refractivity contribution in [3.05, 3.63) is 0 Å². The molecule has 1 saturated heterocycles. The second-order valence-corrected chi connectivity index (χ2v) is 5.76. The number of rotatable bonds is 5. The molecule has 1 fully saturated rings. The first-order valence-electron chi connectivity index (χ1n) is 4.46. The Kier molecular flexibility index (Phi) is 5.04. The molecule has 1 aliphatic rings. The summed E-state index contributed by atoms with van der Waals surface area (Å²) in [5, 5.41) is 18.3. The van der Waals surface area contributed by atoms with Gasteiger partial charge >= 0.3 is 15.6 Å². The Morgan fingerprint density at radius 2 is 1.56 bits per heavy atom. The predicted octanol–water partition coefficient (Wildman–Crippen LogP) is -2.35. The van der Waals surface area contributed by atoms with Crippen LogP contribution in [-0.2, 0) is 22.9 Å². The Labute approximate surface area is 100 Å². The van der Waals surface area contributed by atoms with Crippen molar-refractivity contribution in [3.63, 3.8) is 0 Å². The van der Waals surface area contributed by atoms with Crippen molar-refractivity contribution in [2.24, 2.45) is 0 Å². The number of aliphatic hydroxyl groups excluding tert-OH is 2. The fourth-order valence-electron chi connectivity index (χ4n) is 1.34. The average molecular weight is 310 g/mol. The van der Waals surface area contributed by atoms with Crippen LogP contribution in [0.4, 0.5) is 0 Å². The molecule has 1 rings (SSSR count). The first kappa shape index (κ1) is 16.2. The van der Waals surface area contributed by atoms with Gasteiger partial charge in [-0.25, -0.2) is 9.13 Å². The van der Waals surface area contributed by atoms with Gasteiger partial charge < -0.3 is 34.5 Å². The smallest absolute Gasteiger partial charge is 0.394 e. The van der Waals surface area contributed by atoms with E-state index in [2.05, 4.69) is 13.8 Å². The number of ether oxygens (including phenoxy) is 1. The number of hydrogen-bond acceptors (Lipinski definition) is 7. The molecule has 0 aromatic heterocycles. The molecule has 108 valence electrons. The lowest BCUT2D eigenvalue weighted by molar-refractivity contribution is -0.124. The minimum Gasteiger partial charge on any atom is -0.394 e. The summed E-state index contributed by atoms with van der Waals surface area (Å²) in [7, 11) is -10.1. The van der Waals surface area contributed by atoms with Gasteiger partial charge in [-0.05, 0) is 0 Å². The maximum absolute atomic E-state index is 10.6. The van der Waals surface area contributed by atoms with Gasteiger partial charge in [0.25, 0.3) is 0 Å². The average Bonchev–Trinajstić information content (AvgIpc) is 2.41. The maximum atomic E-state index is 10.6. The number of aliphatic hydroxyl groups is 2. The minimum absolute atomic E-state index is 0.761. The van der Waals surface area contributed by atoms with E-state index in [0.717, 1.165) is 0 Å². The molecule has 0 radical (unpaired) electrons. The van der Waals surface area contributed by atoms with Gasteiger partial charge in [-0.1, -0.05) is 0 Å². The van der Waals surface area contributed by atoms with Gasteiger partial charge in [0.2, 0.25) is 0 Å². The van der Waals surface area contributed by atoms with Crippen molar-refractivity contribution < 1.29 is 52.7 Å². The van der Waals surface area contributed by atoms with Crippen LogP contribution in [0.1, 0.15) is 0 Å². The topological polar surface area (TPSA) is 183 Å². The molecule has 4 atom stereocenters. The summed E-state index contributed by atoms with van der Waals surface area (Å²) in [4.78, 5) is 34.3. The Bertz CT molecular complexity index is 372. The van der Waals surface area contributed by atoms with Crippen molar-refractivity contribution in [3.8, 4) is 0 Å². The predicted molar refractivity (Wildman–Crippen MR) is 51.8 cm³/mol. The SMILES string of the molecule is O=P(O)(O)OC1O[C@H](CO)[C@@H](O)[C@H]1OP(=O)(O)O. The van der Waals surface area contributed by atoms with Gasteiger partial charge in [-0.3, -0.25) is 9.05 Å². The molecule has 1 heterocycles. The molecule has 1 unspecified atom stereocenters. The van der Waals surface area contributed by atoms with Crippen molar-refractivity contribution in [1.82, 2.24) is 0 Å². The summed E-state index contributed by atoms with van der Waals surface area (Å²) in [5.74, 6) is 0. The largest absolute Gasteiger partial charge is 0.472 e. The molecule has 18 heavy (non-hydrogen) atoms. The zero-order valence-electron chi connectivity index (χ0n) is 8.64. The first-order chi connectivity index (χ1) is 8.03. The highest BCUT2D eigenvalue weighted by atomic mass is 31.2. The second-order valence-electron chi connectivity index (χ2n) is 3.37. The van der Waals surface area contributed by atoms with Crippen LogP contribution in [0.3, 0.4) is 0 Å². The zero-order chi connectivity index (χ0) is 14.1. The molecule has 0 saturated carbocycles. The third kappa shape index (κ3) is 4.65. The lowest BCUT2D eigenvalue weighted by atomic mass is 10.1. The number of phosphoric ester groups is 2. The third-order valence-electron chi connectivity index (χ3n) is 1.97. The van der Waals surface area contributed by atoms with Gasteiger partial charge in [0.05, 0.1) is 6.61 Å². The summed E-state index contributed by atoms with van der Waals surface area (Å²) >= 11 is 0. The first-order valence-corrected chi connectivity index (χ1v) is 7.52. The lowest BCUT2D eigenvalue weighted by Gasteiger charge is -2.20. The normalized spacial score (nSPS) is 33.9. The van der Waals surface area contributed by atoms with Crippen LogP contribution in [-0.4, -0.2) is 61.0 Å². The van der Waals surface area contributed by atoms with E-state index in [1.807, 2.05) is 0 Å². The Morgan fingerprint density at radius 3 is 1.94 bits per heavy atom. The Morgan fingerprint density at radius 1 is 1.06 bits per heavy atom. The van der Waals surface area contributed by atoms with Crippen LogP contribution in [0.25, 0.3) is 0 Å². The van der Waals surface area contributed by atoms with Crippen molar-refractivity contribution >= 4 is 15.6 Å². The highest BCUT2D eigenvalue weighted by Crippen LogP contribution is 2.46. The monoisotopic (exact) mass is 310 g/mol. The molecule has 0 bridgehead atoms. The quantitative estimate of drug-likeness (QED) is 0.299. The molecule has 0 amide bonds. The molecular weight excluding hydrogens is 298 g/mol. The lowest BCUT2D eigenvalue weighted by Crippen LogP contribution is -2.36. The fourth-order valence-corrected chi connectivity index (χ4v) is 2.33. The van der Waals surface area contributed by atoms with Crippen LogP contribution < -0.4 is 0 Å². The van der Waals surface area contributed by atoms with Gasteiger partial charge in [-0.2, -0.15) is 0 Å². The van der Waals surface area contributed by atoms with Crippen molar-refractivity contribution in [2.45, 2.75) is 24.6 Å². The van der Waals surface area contributed by atoms with Crippen LogP contribution in [0.5, 0.6) is 0 Å². The highest BCUT2D eigenvalue weighted by Gasteiger charge is 2.50. The van der Waals surface area contributed by atoms with Gasteiger partial charge in [0.15, 0.2) is 6.29 Å². The molecule has 6 N–H and O–H groups in total. The van der Waals surface area contributed by atoms with Crippen LogP contribution >= 0.6 is 15.6 Å². The molecule has 0 aromatic rings. The molecule has 11 nitrogen and oxygen atoms in total. The summed E-state index contributed by atoms with van der Waals surface area (Å²) in [6.45, 7) is -0.761. The molecule has 0 aliphatic carbocycles. The van der Waals surface area contributed by atoms with E-state index in [9.17, 15) is 14.2 Å². The van der Waals surface area contributed by atoms with E-state index >= 15 is 0 Å². The third-order valence-corrected chi connectivity index (χ3v) is 2.98. The maximum Gasteiger partial charge on any atom is 0.472 e. The van der Waals surface area contributed by atoms with E-state index in [4.69, 9.17) is 24.7 Å². The minimum atomic E-state index is -5.05. The van der Waals surface area contributed by atoms with Crippen LogP contribution in [0, 0.1) is 0 Å². The summed E-state index contributed by atoms with van der Waals surface area (Å²) < 4.78 is 34.1. The summed E-state index contributed by atoms with van der Waals surface area (Å²) in [6, 6.07) is 0. The summed E-state index contributed by atoms with van der Waals surface area (Å²) in [5.41, 5.74) is 0. The number of phosphoric acid groups is 2. The Hall–Kier alpha value is 0.1000. The second kappa shape index (κ2) is 5.61. The standard InChI is InChI=1S/C5H12O11P2/c6-1-2-3(7)4(15-17(8,9)10)5(14-2)16-18(11,12)13/h2-7H,1H2,(H2,8,9,10)(H2,11,12,13)/t2-,3-,4-,5?/m1/s1. The molecule has 1 aliphatic heterocycles. The van der Waals surface area contributed by atoms with Crippen molar-refractivity contribution in [1.29, 1.82) is 0 Å². The molecule has 0 aromatic carbocycles. The molecule has 13 heteroatoms. The highest BCUT2D eigenvalue weighted by molar-refractivity contribution is 7.46. The van der Waals surface area contributed by atoms with Crippen LogP contribution in [0.2, 0.25) is 0 Å². The van der Waals surface area contributed by atoms with E-state index < -0.39 is 46.9 Å². The van der Waals surface area contributed by atoms with E-state index in [0.29, 0.717) is 0 Å². The van der Waals surface area contributed by atoms with E-state index in [-0.39, 0.29) is 0 Å². The summed E-state index contributed by atoms with van der Waals surface area (Å²) in [6.07, 6.45) is -6.85. The van der Waals surface area contributed by atoms with Crippen molar-refractivity contribution in [2.75, 3.05) is 6.61 Å². The molecule has 0 spiro atoms.